The minimum atomic E-state index is -0.307. The number of carbonyl (C=O) groups is 1. The average molecular weight is 264 g/mol. The quantitative estimate of drug-likeness (QED) is 0.881. The summed E-state index contributed by atoms with van der Waals surface area (Å²) in [6.45, 7) is 0. The van der Waals surface area contributed by atoms with E-state index in [-0.39, 0.29) is 5.91 Å². The van der Waals surface area contributed by atoms with Crippen LogP contribution in [0.4, 0.5) is 10.8 Å². The summed E-state index contributed by atoms with van der Waals surface area (Å²) in [5.41, 5.74) is 0.603. The van der Waals surface area contributed by atoms with Crippen LogP contribution in [0.3, 0.4) is 0 Å². The van der Waals surface area contributed by atoms with E-state index >= 15 is 0 Å². The molecule has 1 amide bonds. The molecule has 0 aliphatic rings. The molecule has 2 N–H and O–H groups in total. The van der Waals surface area contributed by atoms with Crippen molar-refractivity contribution in [3.05, 3.63) is 29.3 Å². The van der Waals surface area contributed by atoms with Crippen LogP contribution in [0, 0.1) is 0 Å². The Hall–Kier alpha value is -2.15. The Kier molecular flexibility index (Phi) is 3.73. The van der Waals surface area contributed by atoms with Gasteiger partial charge >= 0.3 is 0 Å². The van der Waals surface area contributed by atoms with E-state index in [0.29, 0.717) is 21.6 Å². The molecule has 6 nitrogen and oxygen atoms in total. The van der Waals surface area contributed by atoms with E-state index < -0.39 is 0 Å². The second-order valence-corrected chi connectivity index (χ2v) is 4.29. The van der Waals surface area contributed by atoms with Gasteiger partial charge in [-0.25, -0.2) is 0 Å². The van der Waals surface area contributed by atoms with Crippen molar-refractivity contribution in [3.8, 4) is 5.75 Å². The molecule has 0 radical (unpaired) electrons. The lowest BCUT2D eigenvalue weighted by molar-refractivity contribution is 0.102. The summed E-state index contributed by atoms with van der Waals surface area (Å²) in [5.74, 6) is 0.294. The smallest absolute Gasteiger partial charge is 0.286 e. The molecule has 0 bridgehead atoms. The fraction of sp³-hybridized carbons (Fsp3) is 0.182. The number of hydrogen-bond acceptors (Lipinski definition) is 6. The van der Waals surface area contributed by atoms with E-state index in [1.807, 2.05) is 12.1 Å². The largest absolute Gasteiger partial charge is 0.495 e. The Bertz CT molecular complexity index is 555. The molecule has 1 heterocycles. The first-order valence-electron chi connectivity index (χ1n) is 5.20. The normalized spacial score (nSPS) is 9.89. The maximum Gasteiger partial charge on any atom is 0.286 e. The van der Waals surface area contributed by atoms with Gasteiger partial charge in [-0.1, -0.05) is 23.5 Å². The van der Waals surface area contributed by atoms with Crippen molar-refractivity contribution in [2.45, 2.75) is 0 Å². The van der Waals surface area contributed by atoms with Crippen LogP contribution in [-0.4, -0.2) is 30.3 Å². The van der Waals surface area contributed by atoms with Gasteiger partial charge in [0.2, 0.25) is 10.1 Å². The van der Waals surface area contributed by atoms with Crippen molar-refractivity contribution >= 4 is 28.1 Å². The Morgan fingerprint density at radius 1 is 1.33 bits per heavy atom. The number of methoxy groups -OCH3 is 1. The minimum Gasteiger partial charge on any atom is -0.495 e. The number of nitrogens with zero attached hydrogens (tertiary/aromatic N) is 2. The first-order chi connectivity index (χ1) is 8.74. The molecule has 0 atom stereocenters. The van der Waals surface area contributed by atoms with Gasteiger partial charge in [-0.15, -0.1) is 10.2 Å². The molecular formula is C11H12N4O2S. The second kappa shape index (κ2) is 5.46. The summed E-state index contributed by atoms with van der Waals surface area (Å²) in [6, 6.07) is 7.18. The first kappa shape index (κ1) is 12.3. The van der Waals surface area contributed by atoms with Crippen molar-refractivity contribution in [3.63, 3.8) is 0 Å². The van der Waals surface area contributed by atoms with E-state index in [4.69, 9.17) is 4.74 Å². The lowest BCUT2D eigenvalue weighted by atomic mass is 10.3. The number of nitrogens with one attached hydrogen (secondary N) is 2. The van der Waals surface area contributed by atoms with Crippen LogP contribution in [0.15, 0.2) is 24.3 Å². The third kappa shape index (κ3) is 2.57. The van der Waals surface area contributed by atoms with E-state index in [0.717, 1.165) is 0 Å². The number of anilines is 2. The number of benzene rings is 1. The van der Waals surface area contributed by atoms with Crippen molar-refractivity contribution in [2.75, 3.05) is 24.8 Å². The van der Waals surface area contributed by atoms with E-state index in [1.54, 1.807) is 26.3 Å². The summed E-state index contributed by atoms with van der Waals surface area (Å²) in [4.78, 5) is 11.9. The standard InChI is InChI=1S/C11H12N4O2S/c1-12-11-15-14-10(18-11)9(16)13-7-5-3-4-6-8(7)17-2/h3-6H,1-2H3,(H,12,15)(H,13,16). The van der Waals surface area contributed by atoms with Gasteiger partial charge in [0, 0.05) is 7.05 Å². The van der Waals surface area contributed by atoms with Gasteiger partial charge in [0.15, 0.2) is 0 Å². The lowest BCUT2D eigenvalue weighted by Crippen LogP contribution is -2.12. The highest BCUT2D eigenvalue weighted by molar-refractivity contribution is 7.17. The van der Waals surface area contributed by atoms with Crippen LogP contribution < -0.4 is 15.4 Å². The molecule has 1 aromatic heterocycles. The molecule has 0 unspecified atom stereocenters. The minimum absolute atomic E-state index is 0.297. The number of amides is 1. The Morgan fingerprint density at radius 3 is 2.78 bits per heavy atom. The molecule has 7 heteroatoms. The van der Waals surface area contributed by atoms with Gasteiger partial charge < -0.3 is 15.4 Å². The average Bonchev–Trinajstić information content (AvgIpc) is 2.88. The number of rotatable bonds is 4. The van der Waals surface area contributed by atoms with E-state index in [9.17, 15) is 4.79 Å². The summed E-state index contributed by atoms with van der Waals surface area (Å²) in [7, 11) is 3.28. The van der Waals surface area contributed by atoms with Crippen molar-refractivity contribution in [1.82, 2.24) is 10.2 Å². The van der Waals surface area contributed by atoms with Crippen LogP contribution in [-0.2, 0) is 0 Å². The van der Waals surface area contributed by atoms with Crippen LogP contribution in [0.1, 0.15) is 9.80 Å². The van der Waals surface area contributed by atoms with Crippen LogP contribution >= 0.6 is 11.3 Å². The molecule has 2 rings (SSSR count). The summed E-state index contributed by atoms with van der Waals surface area (Å²) < 4.78 is 5.15. The predicted molar refractivity (Wildman–Crippen MR) is 70.4 cm³/mol. The maximum absolute atomic E-state index is 11.9. The molecule has 94 valence electrons. The fourth-order valence-corrected chi connectivity index (χ4v) is 1.93. The Morgan fingerprint density at radius 2 is 2.11 bits per heavy atom. The Labute approximate surface area is 108 Å². The SMILES string of the molecule is CNc1nnc(C(=O)Nc2ccccc2OC)s1. The third-order valence-electron chi connectivity index (χ3n) is 2.19. The monoisotopic (exact) mass is 264 g/mol. The zero-order chi connectivity index (χ0) is 13.0. The summed E-state index contributed by atoms with van der Waals surface area (Å²) >= 11 is 1.19. The number of hydrogen-bond donors (Lipinski definition) is 2. The maximum atomic E-state index is 11.9. The lowest BCUT2D eigenvalue weighted by Gasteiger charge is -2.07. The van der Waals surface area contributed by atoms with Gasteiger partial charge in [-0.2, -0.15) is 0 Å². The van der Waals surface area contributed by atoms with Crippen molar-refractivity contribution < 1.29 is 9.53 Å². The topological polar surface area (TPSA) is 76.1 Å². The van der Waals surface area contributed by atoms with Gasteiger partial charge in [-0.3, -0.25) is 4.79 Å². The third-order valence-corrected chi connectivity index (χ3v) is 3.13. The summed E-state index contributed by atoms with van der Waals surface area (Å²) in [5, 5.41) is 14.1. The number of para-hydroxylation sites is 2. The van der Waals surface area contributed by atoms with Crippen LogP contribution in [0.2, 0.25) is 0 Å². The first-order valence-corrected chi connectivity index (χ1v) is 6.02. The van der Waals surface area contributed by atoms with E-state index in [2.05, 4.69) is 20.8 Å². The molecular weight excluding hydrogens is 252 g/mol. The van der Waals surface area contributed by atoms with Crippen LogP contribution in [0.5, 0.6) is 5.75 Å². The number of carbonyl (C=O) groups excluding carboxylic acids is 1. The van der Waals surface area contributed by atoms with Crippen molar-refractivity contribution in [2.24, 2.45) is 0 Å². The molecule has 2 aromatic rings. The van der Waals surface area contributed by atoms with Gasteiger partial charge in [0.25, 0.3) is 5.91 Å². The number of ether oxygens (including phenoxy) is 1. The van der Waals surface area contributed by atoms with Crippen LogP contribution in [0.25, 0.3) is 0 Å². The molecule has 0 aliphatic heterocycles. The molecule has 1 aromatic carbocycles. The molecule has 0 aliphatic carbocycles. The molecule has 0 saturated carbocycles. The number of aromatic nitrogens is 2. The van der Waals surface area contributed by atoms with Crippen molar-refractivity contribution in [1.29, 1.82) is 0 Å². The molecule has 0 saturated heterocycles. The second-order valence-electron chi connectivity index (χ2n) is 3.32. The molecule has 0 spiro atoms. The molecule has 18 heavy (non-hydrogen) atoms. The van der Waals surface area contributed by atoms with Gasteiger partial charge in [0.05, 0.1) is 12.8 Å². The summed E-state index contributed by atoms with van der Waals surface area (Å²) in [6.07, 6.45) is 0. The zero-order valence-electron chi connectivity index (χ0n) is 9.93. The van der Waals surface area contributed by atoms with Gasteiger partial charge in [-0.05, 0) is 12.1 Å². The highest BCUT2D eigenvalue weighted by Gasteiger charge is 2.14. The van der Waals surface area contributed by atoms with E-state index in [1.165, 1.54) is 11.3 Å². The predicted octanol–water partition coefficient (Wildman–Crippen LogP) is 1.84. The molecule has 0 fully saturated rings. The Balaban J connectivity index is 2.16. The zero-order valence-corrected chi connectivity index (χ0v) is 10.7. The highest BCUT2D eigenvalue weighted by atomic mass is 32.1. The fourth-order valence-electron chi connectivity index (χ4n) is 1.34. The van der Waals surface area contributed by atoms with Gasteiger partial charge in [0.1, 0.15) is 5.75 Å². The highest BCUT2D eigenvalue weighted by Crippen LogP contribution is 2.24.